The fraction of sp³-hybridized carbons (Fsp3) is 0.158. The van der Waals surface area contributed by atoms with Gasteiger partial charge >= 0.3 is 0 Å². The fourth-order valence-electron chi connectivity index (χ4n) is 2.59. The van der Waals surface area contributed by atoms with Gasteiger partial charge in [-0.05, 0) is 38.1 Å². The molecule has 0 unspecified atom stereocenters. The van der Waals surface area contributed by atoms with Gasteiger partial charge in [-0.15, -0.1) is 10.2 Å². The Labute approximate surface area is 164 Å². The molecular weight excluding hydrogens is 378 g/mol. The van der Waals surface area contributed by atoms with Gasteiger partial charge in [0.1, 0.15) is 5.76 Å². The zero-order valence-corrected chi connectivity index (χ0v) is 16.0. The molecule has 1 N–H and O–H groups in total. The molecule has 0 fully saturated rings. The van der Waals surface area contributed by atoms with Crippen molar-refractivity contribution in [3.63, 3.8) is 0 Å². The minimum absolute atomic E-state index is 0.208. The minimum Gasteiger partial charge on any atom is -0.461 e. The summed E-state index contributed by atoms with van der Waals surface area (Å²) in [5.41, 5.74) is 0.876. The van der Waals surface area contributed by atoms with Gasteiger partial charge in [0.15, 0.2) is 16.7 Å². The van der Waals surface area contributed by atoms with E-state index in [1.54, 1.807) is 32.2 Å². The van der Waals surface area contributed by atoms with Gasteiger partial charge < -0.3 is 14.3 Å². The van der Waals surface area contributed by atoms with Gasteiger partial charge in [-0.2, -0.15) is 0 Å². The maximum atomic E-state index is 12.5. The SMILES string of the molecule is Cc1cc(NC(=O)[C@H](C)Sc2nnc(-c3ccco3)n2-c2ccccc2)no1. The molecular formula is C19H17N5O3S. The van der Waals surface area contributed by atoms with Crippen LogP contribution >= 0.6 is 11.8 Å². The van der Waals surface area contributed by atoms with E-state index in [0.717, 1.165) is 5.69 Å². The number of hydrogen-bond donors (Lipinski definition) is 1. The normalized spacial score (nSPS) is 12.1. The summed E-state index contributed by atoms with van der Waals surface area (Å²) in [6.07, 6.45) is 1.59. The second-order valence-electron chi connectivity index (χ2n) is 6.03. The van der Waals surface area contributed by atoms with E-state index in [0.29, 0.717) is 28.3 Å². The van der Waals surface area contributed by atoms with Crippen molar-refractivity contribution in [2.45, 2.75) is 24.3 Å². The molecule has 0 radical (unpaired) electrons. The van der Waals surface area contributed by atoms with Crippen molar-refractivity contribution in [2.75, 3.05) is 5.32 Å². The number of anilines is 1. The molecule has 142 valence electrons. The second kappa shape index (κ2) is 7.73. The molecule has 0 aliphatic heterocycles. The molecule has 9 heteroatoms. The number of aromatic nitrogens is 4. The molecule has 0 aliphatic rings. The van der Waals surface area contributed by atoms with Gasteiger partial charge in [-0.25, -0.2) is 0 Å². The number of carbonyl (C=O) groups is 1. The lowest BCUT2D eigenvalue weighted by Crippen LogP contribution is -2.23. The summed E-state index contributed by atoms with van der Waals surface area (Å²) >= 11 is 1.29. The molecule has 28 heavy (non-hydrogen) atoms. The molecule has 1 amide bonds. The first-order valence-corrected chi connectivity index (χ1v) is 9.45. The Balaban J connectivity index is 1.61. The monoisotopic (exact) mass is 395 g/mol. The van der Waals surface area contributed by atoms with Crippen LogP contribution in [-0.2, 0) is 4.79 Å². The van der Waals surface area contributed by atoms with E-state index in [4.69, 9.17) is 8.94 Å². The molecule has 3 heterocycles. The number of nitrogens with one attached hydrogen (secondary N) is 1. The number of thioether (sulfide) groups is 1. The fourth-order valence-corrected chi connectivity index (χ4v) is 3.45. The van der Waals surface area contributed by atoms with Crippen molar-refractivity contribution in [3.05, 3.63) is 60.6 Å². The summed E-state index contributed by atoms with van der Waals surface area (Å²) in [4.78, 5) is 12.5. The summed E-state index contributed by atoms with van der Waals surface area (Å²) in [7, 11) is 0. The zero-order valence-electron chi connectivity index (χ0n) is 15.2. The first-order valence-electron chi connectivity index (χ1n) is 8.57. The van der Waals surface area contributed by atoms with Crippen LogP contribution in [0.15, 0.2) is 68.9 Å². The number of carbonyl (C=O) groups excluding carboxylic acids is 1. The highest BCUT2D eigenvalue weighted by molar-refractivity contribution is 8.00. The van der Waals surface area contributed by atoms with Crippen molar-refractivity contribution in [1.29, 1.82) is 0 Å². The Kier molecular flexibility index (Phi) is 4.98. The van der Waals surface area contributed by atoms with Gasteiger partial charge in [0, 0.05) is 11.8 Å². The average molecular weight is 395 g/mol. The lowest BCUT2D eigenvalue weighted by atomic mass is 10.3. The second-order valence-corrected chi connectivity index (χ2v) is 7.33. The van der Waals surface area contributed by atoms with E-state index >= 15 is 0 Å². The van der Waals surface area contributed by atoms with Gasteiger partial charge in [-0.3, -0.25) is 9.36 Å². The predicted octanol–water partition coefficient (Wildman–Crippen LogP) is 3.94. The van der Waals surface area contributed by atoms with E-state index in [9.17, 15) is 4.79 Å². The Bertz CT molecular complexity index is 1070. The smallest absolute Gasteiger partial charge is 0.238 e. The molecule has 4 aromatic rings. The number of hydrogen-bond acceptors (Lipinski definition) is 7. The van der Waals surface area contributed by atoms with E-state index in [2.05, 4.69) is 20.7 Å². The summed E-state index contributed by atoms with van der Waals surface area (Å²) < 4.78 is 12.3. The first kappa shape index (κ1) is 18.1. The number of amides is 1. The van der Waals surface area contributed by atoms with E-state index in [-0.39, 0.29) is 5.91 Å². The molecule has 1 aromatic carbocycles. The number of furan rings is 1. The van der Waals surface area contributed by atoms with Crippen molar-refractivity contribution < 1.29 is 13.7 Å². The molecule has 0 saturated heterocycles. The number of benzene rings is 1. The lowest BCUT2D eigenvalue weighted by molar-refractivity contribution is -0.115. The van der Waals surface area contributed by atoms with Crippen molar-refractivity contribution in [2.24, 2.45) is 0 Å². The average Bonchev–Trinajstić information content (AvgIpc) is 3.43. The summed E-state index contributed by atoms with van der Waals surface area (Å²) in [6.45, 7) is 3.56. The molecule has 1 atom stereocenters. The Morgan fingerprint density at radius 2 is 2.00 bits per heavy atom. The molecule has 0 spiro atoms. The minimum atomic E-state index is -0.437. The predicted molar refractivity (Wildman–Crippen MR) is 104 cm³/mol. The van der Waals surface area contributed by atoms with Gasteiger partial charge in [0.05, 0.1) is 11.5 Å². The highest BCUT2D eigenvalue weighted by Crippen LogP contribution is 2.30. The molecule has 0 saturated carbocycles. The summed E-state index contributed by atoms with van der Waals surface area (Å²) in [5.74, 6) is 1.97. The third-order valence-corrected chi connectivity index (χ3v) is 4.96. The maximum absolute atomic E-state index is 12.5. The Hall–Kier alpha value is -3.33. The zero-order chi connectivity index (χ0) is 19.5. The topological polar surface area (TPSA) is 99.0 Å². The highest BCUT2D eigenvalue weighted by atomic mass is 32.2. The molecule has 0 aliphatic carbocycles. The highest BCUT2D eigenvalue weighted by Gasteiger charge is 2.23. The van der Waals surface area contributed by atoms with Gasteiger partial charge in [0.25, 0.3) is 0 Å². The first-order chi connectivity index (χ1) is 13.6. The Morgan fingerprint density at radius 3 is 2.68 bits per heavy atom. The van der Waals surface area contributed by atoms with Crippen LogP contribution in [0.1, 0.15) is 12.7 Å². The van der Waals surface area contributed by atoms with Crippen LogP contribution in [0.25, 0.3) is 17.3 Å². The number of aryl methyl sites for hydroxylation is 1. The van der Waals surface area contributed by atoms with Crippen molar-refractivity contribution in [1.82, 2.24) is 19.9 Å². The number of nitrogens with zero attached hydrogens (tertiary/aromatic N) is 4. The van der Waals surface area contributed by atoms with Crippen LogP contribution in [0.3, 0.4) is 0 Å². The van der Waals surface area contributed by atoms with Crippen LogP contribution in [0, 0.1) is 6.92 Å². The summed E-state index contributed by atoms with van der Waals surface area (Å²) in [6, 6.07) is 15.0. The van der Waals surface area contributed by atoms with Crippen molar-refractivity contribution >= 4 is 23.5 Å². The van der Waals surface area contributed by atoms with E-state index in [1.807, 2.05) is 41.0 Å². The third kappa shape index (κ3) is 3.70. The number of rotatable bonds is 6. The van der Waals surface area contributed by atoms with Crippen LogP contribution in [0.2, 0.25) is 0 Å². The van der Waals surface area contributed by atoms with Crippen molar-refractivity contribution in [3.8, 4) is 17.3 Å². The largest absolute Gasteiger partial charge is 0.461 e. The quantitative estimate of drug-likeness (QED) is 0.494. The maximum Gasteiger partial charge on any atom is 0.238 e. The third-order valence-electron chi connectivity index (χ3n) is 3.92. The lowest BCUT2D eigenvalue weighted by Gasteiger charge is -2.12. The van der Waals surface area contributed by atoms with E-state index in [1.165, 1.54) is 11.8 Å². The molecule has 8 nitrogen and oxygen atoms in total. The van der Waals surface area contributed by atoms with E-state index < -0.39 is 5.25 Å². The van der Waals surface area contributed by atoms with Crippen LogP contribution < -0.4 is 5.32 Å². The Morgan fingerprint density at radius 1 is 1.18 bits per heavy atom. The number of para-hydroxylation sites is 1. The summed E-state index contributed by atoms with van der Waals surface area (Å²) in [5, 5.41) is 15.2. The van der Waals surface area contributed by atoms with Gasteiger partial charge in [0.2, 0.25) is 11.7 Å². The molecule has 3 aromatic heterocycles. The van der Waals surface area contributed by atoms with Gasteiger partial charge in [-0.1, -0.05) is 35.1 Å². The van der Waals surface area contributed by atoms with Crippen LogP contribution in [-0.4, -0.2) is 31.1 Å². The standard InChI is InChI=1S/C19H17N5O3S/c1-12-11-16(23-27-12)20-18(25)13(2)28-19-22-21-17(15-9-6-10-26-15)24(19)14-7-4-3-5-8-14/h3-11,13H,1-2H3,(H,20,23,25)/t13-/m0/s1. The molecule has 4 rings (SSSR count). The van der Waals surface area contributed by atoms with Crippen LogP contribution in [0.5, 0.6) is 0 Å². The van der Waals surface area contributed by atoms with Crippen LogP contribution in [0.4, 0.5) is 5.82 Å². The molecule has 0 bridgehead atoms.